The summed E-state index contributed by atoms with van der Waals surface area (Å²) in [6, 6.07) is 9.99. The Balaban J connectivity index is 1.92. The Hall–Kier alpha value is -2.01. The molecule has 3 atom stereocenters. The van der Waals surface area contributed by atoms with Crippen LogP contribution >= 0.6 is 0 Å². The van der Waals surface area contributed by atoms with E-state index in [1.54, 1.807) is 0 Å². The van der Waals surface area contributed by atoms with Gasteiger partial charge in [0.25, 0.3) is 5.91 Å². The Kier molecular flexibility index (Phi) is 5.31. The molecule has 0 aromatic heterocycles. The van der Waals surface area contributed by atoms with Crippen LogP contribution in [0.5, 0.6) is 0 Å². The Morgan fingerprint density at radius 2 is 1.91 bits per heavy atom. The molecule has 0 unspecified atom stereocenters. The lowest BCUT2D eigenvalue weighted by molar-refractivity contribution is -0.136. The largest absolute Gasteiger partial charge is 0.389 e. The molecule has 1 heterocycles. The number of halogens is 2. The predicted octanol–water partition coefficient (Wildman–Crippen LogP) is 3.38. The zero-order chi connectivity index (χ0) is 17.0. The van der Waals surface area contributed by atoms with Crippen LogP contribution < -0.4 is 5.32 Å². The second-order valence-corrected chi connectivity index (χ2v) is 6.05. The zero-order valence-corrected chi connectivity index (χ0v) is 13.2. The second-order valence-electron chi connectivity index (χ2n) is 6.05. The van der Waals surface area contributed by atoms with Crippen molar-refractivity contribution in [3.63, 3.8) is 0 Å². The molecule has 0 saturated carbocycles. The van der Waals surface area contributed by atoms with Gasteiger partial charge in [0.1, 0.15) is 0 Å². The van der Waals surface area contributed by atoms with Crippen molar-refractivity contribution < 1.29 is 18.7 Å². The summed E-state index contributed by atoms with van der Waals surface area (Å²) in [5.74, 6) is -4.57. The van der Waals surface area contributed by atoms with Gasteiger partial charge in [-0.25, -0.2) is 0 Å². The number of allylic oxidation sites excluding steroid dienone is 1. The van der Waals surface area contributed by atoms with Gasteiger partial charge >= 0.3 is 5.92 Å². The van der Waals surface area contributed by atoms with Crippen LogP contribution in [0.3, 0.4) is 0 Å². The van der Waals surface area contributed by atoms with Crippen LogP contribution in [0, 0.1) is 5.92 Å². The van der Waals surface area contributed by atoms with Gasteiger partial charge < -0.3 is 10.4 Å². The predicted molar refractivity (Wildman–Crippen MR) is 85.0 cm³/mol. The van der Waals surface area contributed by atoms with Gasteiger partial charge in [0.15, 0.2) is 0 Å². The van der Waals surface area contributed by atoms with E-state index < -0.39 is 17.9 Å². The van der Waals surface area contributed by atoms with Crippen LogP contribution in [0.2, 0.25) is 0 Å². The summed E-state index contributed by atoms with van der Waals surface area (Å²) in [5, 5.41) is 12.2. The fourth-order valence-electron chi connectivity index (χ4n) is 2.61. The highest BCUT2D eigenvalue weighted by atomic mass is 19.3. The molecule has 0 fully saturated rings. The van der Waals surface area contributed by atoms with E-state index >= 15 is 0 Å². The van der Waals surface area contributed by atoms with E-state index in [0.717, 1.165) is 6.42 Å². The topological polar surface area (TPSA) is 49.3 Å². The number of carbonyl (C=O) groups excluding carboxylic acids is 1. The molecule has 5 heteroatoms. The van der Waals surface area contributed by atoms with Crippen molar-refractivity contribution in [2.24, 2.45) is 5.92 Å². The molecule has 2 N–H and O–H groups in total. The molecule has 0 radical (unpaired) electrons. The summed E-state index contributed by atoms with van der Waals surface area (Å²) in [4.78, 5) is 11.0. The molecule has 1 aromatic carbocycles. The average Bonchev–Trinajstić information content (AvgIpc) is 2.78. The molecule has 0 saturated heterocycles. The van der Waals surface area contributed by atoms with Gasteiger partial charge in [-0.15, -0.1) is 0 Å². The molecule has 1 amide bonds. The number of benzene rings is 1. The van der Waals surface area contributed by atoms with Crippen LogP contribution in [-0.2, 0) is 4.79 Å². The Morgan fingerprint density at radius 1 is 1.26 bits per heavy atom. The van der Waals surface area contributed by atoms with Gasteiger partial charge in [-0.3, -0.25) is 4.79 Å². The molecule has 0 bridgehead atoms. The third kappa shape index (κ3) is 4.48. The van der Waals surface area contributed by atoms with Gasteiger partial charge in [-0.2, -0.15) is 8.78 Å². The number of hydrogen-bond acceptors (Lipinski definition) is 2. The van der Waals surface area contributed by atoms with Gasteiger partial charge in [0, 0.05) is 11.8 Å². The summed E-state index contributed by atoms with van der Waals surface area (Å²) >= 11 is 0. The zero-order valence-electron chi connectivity index (χ0n) is 13.2. The van der Waals surface area contributed by atoms with Crippen molar-refractivity contribution in [2.45, 2.75) is 38.2 Å². The highest BCUT2D eigenvalue weighted by Gasteiger charge is 2.41. The number of carbonyl (C=O) groups is 1. The third-order valence-electron chi connectivity index (χ3n) is 4.05. The van der Waals surface area contributed by atoms with E-state index in [2.05, 4.69) is 12.2 Å². The van der Waals surface area contributed by atoms with Gasteiger partial charge in [0.05, 0.1) is 6.10 Å². The quantitative estimate of drug-likeness (QED) is 0.844. The minimum absolute atomic E-state index is 0.0161. The van der Waals surface area contributed by atoms with E-state index in [4.69, 9.17) is 0 Å². The van der Waals surface area contributed by atoms with Crippen LogP contribution in [0.1, 0.15) is 31.7 Å². The Morgan fingerprint density at radius 3 is 2.48 bits per heavy atom. The molecule has 124 valence electrons. The number of amides is 1. The van der Waals surface area contributed by atoms with E-state index in [1.165, 1.54) is 17.7 Å². The number of nitrogens with one attached hydrogen (secondary N) is 1. The second kappa shape index (κ2) is 7.04. The van der Waals surface area contributed by atoms with Gasteiger partial charge in [0.2, 0.25) is 0 Å². The Labute approximate surface area is 134 Å². The first kappa shape index (κ1) is 17.3. The minimum atomic E-state index is -3.47. The minimum Gasteiger partial charge on any atom is -0.389 e. The summed E-state index contributed by atoms with van der Waals surface area (Å²) in [6.45, 7) is 3.99. The smallest absolute Gasteiger partial charge is 0.345 e. The van der Waals surface area contributed by atoms with Crippen LogP contribution in [-0.4, -0.2) is 23.0 Å². The lowest BCUT2D eigenvalue weighted by Gasteiger charge is -2.20. The number of hydrogen-bond donors (Lipinski definition) is 2. The molecule has 0 aliphatic carbocycles. The van der Waals surface area contributed by atoms with Crippen molar-refractivity contribution in [3.8, 4) is 0 Å². The van der Waals surface area contributed by atoms with E-state index in [-0.39, 0.29) is 17.5 Å². The highest BCUT2D eigenvalue weighted by molar-refractivity contribution is 5.90. The maximum absolute atomic E-state index is 13.0. The summed E-state index contributed by atoms with van der Waals surface area (Å²) in [6.07, 6.45) is 3.32. The van der Waals surface area contributed by atoms with Crippen LogP contribution in [0.15, 0.2) is 54.3 Å². The maximum atomic E-state index is 13.0. The third-order valence-corrected chi connectivity index (χ3v) is 4.05. The standard InChI is InChI=1S/C18H21F2NO2/c1-12(14-6-4-3-5-7-14)10-13(2)16(22)9-8-15-11-18(19,20)17(23)21-15/h3-9,11-13,16,22H,10H2,1-2H3,(H,21,23)/b9-8+/t12-,13-,16-/m1/s1. The fraction of sp³-hybridized carbons (Fsp3) is 0.389. The van der Waals surface area contributed by atoms with Crippen LogP contribution in [0.25, 0.3) is 0 Å². The normalized spacial score (nSPS) is 20.9. The molecule has 2 rings (SSSR count). The van der Waals surface area contributed by atoms with E-state index in [0.29, 0.717) is 6.08 Å². The molecular weight excluding hydrogens is 300 g/mol. The molecule has 3 nitrogen and oxygen atoms in total. The maximum Gasteiger partial charge on any atom is 0.345 e. The molecule has 1 aromatic rings. The van der Waals surface area contributed by atoms with Gasteiger partial charge in [-0.05, 0) is 29.9 Å². The Bertz CT molecular complexity index is 611. The van der Waals surface area contributed by atoms with Crippen molar-refractivity contribution in [3.05, 3.63) is 59.8 Å². The number of rotatable bonds is 6. The molecule has 1 aliphatic heterocycles. The summed E-state index contributed by atoms with van der Waals surface area (Å²) < 4.78 is 26.1. The van der Waals surface area contributed by atoms with Crippen molar-refractivity contribution in [1.29, 1.82) is 0 Å². The lowest BCUT2D eigenvalue weighted by atomic mass is 9.88. The van der Waals surface area contributed by atoms with Crippen molar-refractivity contribution in [1.82, 2.24) is 5.32 Å². The lowest BCUT2D eigenvalue weighted by Crippen LogP contribution is -2.30. The van der Waals surface area contributed by atoms with Gasteiger partial charge in [-0.1, -0.05) is 50.3 Å². The molecule has 1 aliphatic rings. The van der Waals surface area contributed by atoms with Crippen LogP contribution in [0.4, 0.5) is 8.78 Å². The van der Waals surface area contributed by atoms with Crippen molar-refractivity contribution in [2.75, 3.05) is 0 Å². The highest BCUT2D eigenvalue weighted by Crippen LogP contribution is 2.26. The number of aliphatic hydroxyl groups excluding tert-OH is 1. The van der Waals surface area contributed by atoms with Crippen molar-refractivity contribution >= 4 is 5.91 Å². The molecule has 23 heavy (non-hydrogen) atoms. The monoisotopic (exact) mass is 321 g/mol. The first-order valence-corrected chi connectivity index (χ1v) is 7.63. The average molecular weight is 321 g/mol. The molecule has 0 spiro atoms. The van der Waals surface area contributed by atoms with E-state index in [9.17, 15) is 18.7 Å². The number of aliphatic hydroxyl groups is 1. The summed E-state index contributed by atoms with van der Waals surface area (Å²) in [5.41, 5.74) is 1.21. The first-order valence-electron chi connectivity index (χ1n) is 7.63. The van der Waals surface area contributed by atoms with E-state index in [1.807, 2.05) is 37.3 Å². The fourth-order valence-corrected chi connectivity index (χ4v) is 2.61. The first-order chi connectivity index (χ1) is 10.8. The number of alkyl halides is 2. The SMILES string of the molecule is C[C@H](C[C@@H](C)[C@H](O)/C=C/C1=CC(F)(F)C(=O)N1)c1ccccc1. The molecular formula is C18H21F2NO2. The summed E-state index contributed by atoms with van der Waals surface area (Å²) in [7, 11) is 0.